The van der Waals surface area contributed by atoms with Gasteiger partial charge in [-0.3, -0.25) is 4.79 Å². The van der Waals surface area contributed by atoms with Gasteiger partial charge in [-0.15, -0.1) is 0 Å². The molecule has 0 aromatic rings. The fraction of sp³-hybridized carbons (Fsp3) is 0.800. The summed E-state index contributed by atoms with van der Waals surface area (Å²) >= 11 is 0. The average molecular weight is 266 g/mol. The van der Waals surface area contributed by atoms with E-state index < -0.39 is 11.7 Å². The lowest BCUT2D eigenvalue weighted by molar-refractivity contribution is -0.142. The standard InChI is InChI=1S/C15H22O4/c1-7-4-12-10(8(2)14(17)19-12)5-11-9(7)6-13(16)15(11,3)18/h4,8-13,16,18H,5-6H2,1-3H3/t8-,9-,10-,11-,12+,13-,15+/m1/s1. The summed E-state index contributed by atoms with van der Waals surface area (Å²) in [5.41, 5.74) is 0.0660. The molecule has 0 bridgehead atoms. The minimum Gasteiger partial charge on any atom is -0.458 e. The number of hydrogen-bond acceptors (Lipinski definition) is 4. The van der Waals surface area contributed by atoms with Crippen LogP contribution in [0.25, 0.3) is 0 Å². The van der Waals surface area contributed by atoms with Crippen molar-refractivity contribution in [1.29, 1.82) is 0 Å². The second-order valence-electron chi connectivity index (χ2n) is 6.69. The van der Waals surface area contributed by atoms with E-state index in [0.29, 0.717) is 6.42 Å². The molecule has 3 aliphatic rings. The maximum Gasteiger partial charge on any atom is 0.309 e. The van der Waals surface area contributed by atoms with Crippen LogP contribution in [-0.4, -0.2) is 34.0 Å². The molecular formula is C15H22O4. The Bertz CT molecular complexity index is 439. The van der Waals surface area contributed by atoms with Gasteiger partial charge in [-0.1, -0.05) is 12.5 Å². The van der Waals surface area contributed by atoms with Gasteiger partial charge in [0.1, 0.15) is 6.10 Å². The number of fused-ring (bicyclic) bond motifs is 2. The number of esters is 1. The zero-order valence-electron chi connectivity index (χ0n) is 11.7. The highest BCUT2D eigenvalue weighted by Crippen LogP contribution is 2.51. The van der Waals surface area contributed by atoms with Crippen LogP contribution >= 0.6 is 0 Å². The van der Waals surface area contributed by atoms with Gasteiger partial charge in [0.2, 0.25) is 0 Å². The highest BCUT2D eigenvalue weighted by atomic mass is 16.6. The van der Waals surface area contributed by atoms with E-state index in [1.54, 1.807) is 6.92 Å². The predicted molar refractivity (Wildman–Crippen MR) is 69.1 cm³/mol. The molecule has 19 heavy (non-hydrogen) atoms. The molecule has 1 aliphatic heterocycles. The molecular weight excluding hydrogens is 244 g/mol. The molecule has 0 unspecified atom stereocenters. The topological polar surface area (TPSA) is 66.8 Å². The van der Waals surface area contributed by atoms with Crippen molar-refractivity contribution in [2.45, 2.75) is 51.4 Å². The van der Waals surface area contributed by atoms with Crippen LogP contribution < -0.4 is 0 Å². The first-order valence-corrected chi connectivity index (χ1v) is 7.11. The number of carbonyl (C=O) groups is 1. The van der Waals surface area contributed by atoms with Gasteiger partial charge in [0.15, 0.2) is 0 Å². The van der Waals surface area contributed by atoms with E-state index in [4.69, 9.17) is 4.74 Å². The average Bonchev–Trinajstić information content (AvgIpc) is 2.64. The molecule has 2 fully saturated rings. The molecule has 0 amide bonds. The number of aliphatic hydroxyl groups excluding tert-OH is 1. The van der Waals surface area contributed by atoms with Crippen LogP contribution in [-0.2, 0) is 9.53 Å². The zero-order chi connectivity index (χ0) is 13.9. The number of rotatable bonds is 0. The van der Waals surface area contributed by atoms with Crippen molar-refractivity contribution in [2.75, 3.05) is 0 Å². The fourth-order valence-electron chi connectivity index (χ4n) is 4.16. The number of carbonyl (C=O) groups excluding carboxylic acids is 1. The van der Waals surface area contributed by atoms with Crippen LogP contribution in [0.3, 0.4) is 0 Å². The quantitative estimate of drug-likeness (QED) is 0.512. The molecule has 2 aliphatic carbocycles. The van der Waals surface area contributed by atoms with E-state index in [2.05, 4.69) is 0 Å². The van der Waals surface area contributed by atoms with Crippen molar-refractivity contribution in [3.8, 4) is 0 Å². The van der Waals surface area contributed by atoms with Crippen molar-refractivity contribution in [3.63, 3.8) is 0 Å². The minimum atomic E-state index is -1.07. The predicted octanol–water partition coefficient (Wildman–Crippen LogP) is 1.26. The third-order valence-electron chi connectivity index (χ3n) is 5.61. The number of ether oxygens (including phenoxy) is 1. The summed E-state index contributed by atoms with van der Waals surface area (Å²) < 4.78 is 5.43. The van der Waals surface area contributed by atoms with Crippen LogP contribution in [0, 0.1) is 23.7 Å². The van der Waals surface area contributed by atoms with Crippen LogP contribution in [0.15, 0.2) is 11.6 Å². The van der Waals surface area contributed by atoms with Crippen molar-refractivity contribution in [3.05, 3.63) is 11.6 Å². The Morgan fingerprint density at radius 2 is 2.11 bits per heavy atom. The first-order chi connectivity index (χ1) is 8.82. The van der Waals surface area contributed by atoms with E-state index in [9.17, 15) is 15.0 Å². The van der Waals surface area contributed by atoms with Crippen LogP contribution in [0.5, 0.6) is 0 Å². The molecule has 4 nitrogen and oxygen atoms in total. The maximum atomic E-state index is 11.7. The largest absolute Gasteiger partial charge is 0.458 e. The van der Waals surface area contributed by atoms with Gasteiger partial charge in [-0.2, -0.15) is 0 Å². The van der Waals surface area contributed by atoms with Crippen molar-refractivity contribution >= 4 is 5.97 Å². The minimum absolute atomic E-state index is 0.00528. The van der Waals surface area contributed by atoms with Gasteiger partial charge < -0.3 is 14.9 Å². The second kappa shape index (κ2) is 4.06. The van der Waals surface area contributed by atoms with Crippen LogP contribution in [0.1, 0.15) is 33.6 Å². The summed E-state index contributed by atoms with van der Waals surface area (Å²) in [4.78, 5) is 11.7. The van der Waals surface area contributed by atoms with Gasteiger partial charge in [-0.25, -0.2) is 0 Å². The Balaban J connectivity index is 1.98. The normalized spacial score (nSPS) is 53.1. The fourth-order valence-corrected chi connectivity index (χ4v) is 4.16. The van der Waals surface area contributed by atoms with Crippen molar-refractivity contribution in [1.82, 2.24) is 0 Å². The third kappa shape index (κ3) is 1.77. The smallest absolute Gasteiger partial charge is 0.309 e. The number of aliphatic hydroxyl groups is 2. The van der Waals surface area contributed by atoms with Gasteiger partial charge in [0.05, 0.1) is 17.6 Å². The lowest BCUT2D eigenvalue weighted by Crippen LogP contribution is -2.41. The first-order valence-electron chi connectivity index (χ1n) is 7.11. The lowest BCUT2D eigenvalue weighted by Gasteiger charge is -2.32. The Kier molecular flexibility index (Phi) is 2.81. The van der Waals surface area contributed by atoms with Gasteiger partial charge >= 0.3 is 5.97 Å². The lowest BCUT2D eigenvalue weighted by atomic mass is 9.76. The Morgan fingerprint density at radius 3 is 2.79 bits per heavy atom. The highest BCUT2D eigenvalue weighted by Gasteiger charge is 2.55. The molecule has 2 N–H and O–H groups in total. The molecule has 3 rings (SSSR count). The van der Waals surface area contributed by atoms with Crippen molar-refractivity contribution < 1.29 is 19.7 Å². The van der Waals surface area contributed by atoms with Crippen LogP contribution in [0.4, 0.5) is 0 Å². The monoisotopic (exact) mass is 266 g/mol. The van der Waals surface area contributed by atoms with E-state index >= 15 is 0 Å². The molecule has 0 radical (unpaired) electrons. The first kappa shape index (κ1) is 13.1. The van der Waals surface area contributed by atoms with E-state index in [1.807, 2.05) is 19.9 Å². The Morgan fingerprint density at radius 1 is 1.42 bits per heavy atom. The van der Waals surface area contributed by atoms with Gasteiger partial charge in [-0.05, 0) is 44.6 Å². The Hall–Kier alpha value is -0.870. The number of allylic oxidation sites excluding steroid dienone is 1. The van der Waals surface area contributed by atoms with E-state index in [0.717, 1.165) is 12.0 Å². The second-order valence-corrected chi connectivity index (χ2v) is 6.69. The summed E-state index contributed by atoms with van der Waals surface area (Å²) in [5.74, 6) is 0.0541. The molecule has 0 spiro atoms. The third-order valence-corrected chi connectivity index (χ3v) is 5.61. The van der Waals surface area contributed by atoms with Gasteiger partial charge in [0, 0.05) is 5.92 Å². The molecule has 0 aromatic heterocycles. The number of hydrogen-bond donors (Lipinski definition) is 2. The molecule has 0 aromatic carbocycles. The highest BCUT2D eigenvalue weighted by molar-refractivity contribution is 5.75. The summed E-state index contributed by atoms with van der Waals surface area (Å²) in [6, 6.07) is 0. The van der Waals surface area contributed by atoms with Gasteiger partial charge in [0.25, 0.3) is 0 Å². The SMILES string of the molecule is CC1=C[C@@H]2OC(=O)[C@H](C)[C@H]2C[C@@H]2[C@@H]1C[C@@H](O)[C@@]2(C)O. The summed E-state index contributed by atoms with van der Waals surface area (Å²) in [6.45, 7) is 5.64. The van der Waals surface area contributed by atoms with E-state index in [-0.39, 0.29) is 35.7 Å². The molecule has 1 saturated carbocycles. The zero-order valence-corrected chi connectivity index (χ0v) is 11.7. The Labute approximate surface area is 113 Å². The molecule has 1 heterocycles. The summed E-state index contributed by atoms with van der Waals surface area (Å²) in [5, 5.41) is 20.7. The molecule has 4 heteroatoms. The molecule has 1 saturated heterocycles. The summed E-state index contributed by atoms with van der Waals surface area (Å²) in [7, 11) is 0. The molecule has 106 valence electrons. The summed E-state index contributed by atoms with van der Waals surface area (Å²) in [6.07, 6.45) is 2.53. The maximum absolute atomic E-state index is 11.7. The van der Waals surface area contributed by atoms with Crippen LogP contribution in [0.2, 0.25) is 0 Å². The van der Waals surface area contributed by atoms with Crippen molar-refractivity contribution in [2.24, 2.45) is 23.7 Å². The molecule has 7 atom stereocenters. The van der Waals surface area contributed by atoms with E-state index in [1.165, 1.54) is 0 Å².